The third-order valence-electron chi connectivity index (χ3n) is 3.00. The van der Waals surface area contributed by atoms with Gasteiger partial charge in [-0.3, -0.25) is 4.99 Å². The quantitative estimate of drug-likeness (QED) is 0.673. The summed E-state index contributed by atoms with van der Waals surface area (Å²) in [6.45, 7) is 2.03. The minimum Gasteiger partial charge on any atom is -0.497 e. The molecule has 0 radical (unpaired) electrons. The zero-order chi connectivity index (χ0) is 13.7. The molecule has 3 heteroatoms. The molecule has 0 saturated heterocycles. The molecule has 1 atom stereocenters. The number of hydrogen-bond acceptors (Lipinski definition) is 2. The minimum atomic E-state index is 0.0195. The van der Waals surface area contributed by atoms with Crippen molar-refractivity contribution >= 4 is 5.84 Å². The predicted octanol–water partition coefficient (Wildman–Crippen LogP) is 3.16. The monoisotopic (exact) mass is 254 g/mol. The number of nitrogens with two attached hydrogens (primary N) is 1. The van der Waals surface area contributed by atoms with Gasteiger partial charge in [-0.15, -0.1) is 0 Å². The van der Waals surface area contributed by atoms with Crippen LogP contribution in [0, 0.1) is 0 Å². The third-order valence-corrected chi connectivity index (χ3v) is 3.00. The summed E-state index contributed by atoms with van der Waals surface area (Å²) in [6.07, 6.45) is 0. The number of nitrogens with zero attached hydrogens (tertiary/aromatic N) is 1. The number of amidine groups is 1. The lowest BCUT2D eigenvalue weighted by Crippen LogP contribution is -2.14. The van der Waals surface area contributed by atoms with E-state index in [-0.39, 0.29) is 6.04 Å². The predicted molar refractivity (Wildman–Crippen MR) is 78.6 cm³/mol. The van der Waals surface area contributed by atoms with Crippen LogP contribution in [0.5, 0.6) is 5.75 Å². The Balaban J connectivity index is 2.17. The molecule has 0 amide bonds. The van der Waals surface area contributed by atoms with E-state index < -0.39 is 0 Å². The molecule has 0 spiro atoms. The topological polar surface area (TPSA) is 47.6 Å². The van der Waals surface area contributed by atoms with E-state index in [9.17, 15) is 0 Å². The Morgan fingerprint density at radius 1 is 1.05 bits per heavy atom. The lowest BCUT2D eigenvalue weighted by Gasteiger charge is -2.09. The maximum Gasteiger partial charge on any atom is 0.126 e. The molecule has 0 heterocycles. The molecule has 2 rings (SSSR count). The van der Waals surface area contributed by atoms with E-state index in [2.05, 4.69) is 4.99 Å². The molecular weight excluding hydrogens is 236 g/mol. The lowest BCUT2D eigenvalue weighted by molar-refractivity contribution is 0.414. The van der Waals surface area contributed by atoms with Gasteiger partial charge in [0.2, 0.25) is 0 Å². The van der Waals surface area contributed by atoms with Gasteiger partial charge in [0.05, 0.1) is 13.2 Å². The SMILES string of the molecule is COc1ccc(C(C)N=C(N)c2ccccc2)cc1. The maximum atomic E-state index is 6.01. The van der Waals surface area contributed by atoms with Gasteiger partial charge in [0.15, 0.2) is 0 Å². The van der Waals surface area contributed by atoms with Crippen LogP contribution in [0.3, 0.4) is 0 Å². The van der Waals surface area contributed by atoms with Crippen LogP contribution in [0.2, 0.25) is 0 Å². The van der Waals surface area contributed by atoms with E-state index in [0.717, 1.165) is 16.9 Å². The van der Waals surface area contributed by atoms with Crippen molar-refractivity contribution in [3.8, 4) is 5.75 Å². The Bertz CT molecular complexity index is 547. The number of ether oxygens (including phenoxy) is 1. The van der Waals surface area contributed by atoms with Gasteiger partial charge in [0.25, 0.3) is 0 Å². The largest absolute Gasteiger partial charge is 0.497 e. The summed E-state index contributed by atoms with van der Waals surface area (Å²) in [4.78, 5) is 4.53. The zero-order valence-corrected chi connectivity index (χ0v) is 11.2. The van der Waals surface area contributed by atoms with E-state index in [1.54, 1.807) is 7.11 Å². The highest BCUT2D eigenvalue weighted by Crippen LogP contribution is 2.20. The highest BCUT2D eigenvalue weighted by molar-refractivity contribution is 5.97. The molecule has 0 bridgehead atoms. The number of methoxy groups -OCH3 is 1. The molecule has 0 saturated carbocycles. The van der Waals surface area contributed by atoms with E-state index in [1.165, 1.54) is 0 Å². The normalized spacial score (nSPS) is 13.1. The van der Waals surface area contributed by atoms with Gasteiger partial charge in [-0.1, -0.05) is 42.5 Å². The fourth-order valence-corrected chi connectivity index (χ4v) is 1.85. The number of rotatable bonds is 4. The molecule has 2 aromatic rings. The van der Waals surface area contributed by atoms with Gasteiger partial charge in [-0.05, 0) is 24.6 Å². The van der Waals surface area contributed by atoms with E-state index >= 15 is 0 Å². The summed E-state index contributed by atoms with van der Waals surface area (Å²) >= 11 is 0. The summed E-state index contributed by atoms with van der Waals surface area (Å²) in [7, 11) is 1.66. The van der Waals surface area contributed by atoms with Crippen molar-refractivity contribution < 1.29 is 4.74 Å². The molecule has 0 aromatic heterocycles. The molecule has 3 nitrogen and oxygen atoms in total. The summed E-state index contributed by atoms with van der Waals surface area (Å²) in [5.41, 5.74) is 8.07. The molecular formula is C16H18N2O. The molecule has 2 N–H and O–H groups in total. The van der Waals surface area contributed by atoms with Gasteiger partial charge >= 0.3 is 0 Å². The van der Waals surface area contributed by atoms with Crippen molar-refractivity contribution in [2.24, 2.45) is 10.7 Å². The van der Waals surface area contributed by atoms with Gasteiger partial charge in [-0.25, -0.2) is 0 Å². The van der Waals surface area contributed by atoms with Gasteiger partial charge in [0.1, 0.15) is 11.6 Å². The summed E-state index contributed by atoms with van der Waals surface area (Å²) in [6, 6.07) is 17.7. The van der Waals surface area contributed by atoms with Gasteiger partial charge in [0, 0.05) is 5.56 Å². The smallest absolute Gasteiger partial charge is 0.126 e. The van der Waals surface area contributed by atoms with Crippen LogP contribution in [0.1, 0.15) is 24.1 Å². The first kappa shape index (κ1) is 13.1. The number of benzene rings is 2. The average Bonchev–Trinajstić information content (AvgIpc) is 2.48. The van der Waals surface area contributed by atoms with Crippen LogP contribution in [-0.2, 0) is 0 Å². The molecule has 0 aliphatic heterocycles. The summed E-state index contributed by atoms with van der Waals surface area (Å²) in [5.74, 6) is 1.40. The second kappa shape index (κ2) is 6.05. The molecule has 0 aliphatic rings. The molecule has 19 heavy (non-hydrogen) atoms. The fourth-order valence-electron chi connectivity index (χ4n) is 1.85. The molecule has 98 valence electrons. The van der Waals surface area contributed by atoms with Crippen LogP contribution in [-0.4, -0.2) is 12.9 Å². The second-order valence-corrected chi connectivity index (χ2v) is 4.33. The van der Waals surface area contributed by atoms with Gasteiger partial charge < -0.3 is 10.5 Å². The standard InChI is InChI=1S/C16H18N2O/c1-12(13-8-10-15(19-2)11-9-13)18-16(17)14-6-4-3-5-7-14/h3-12H,1-2H3,(H2,17,18). The molecule has 1 unspecified atom stereocenters. The van der Waals surface area contributed by atoms with Crippen molar-refractivity contribution in [1.82, 2.24) is 0 Å². The van der Waals surface area contributed by atoms with Crippen LogP contribution < -0.4 is 10.5 Å². The van der Waals surface area contributed by atoms with Crippen molar-refractivity contribution in [2.45, 2.75) is 13.0 Å². The first-order valence-corrected chi connectivity index (χ1v) is 6.23. The van der Waals surface area contributed by atoms with Gasteiger partial charge in [-0.2, -0.15) is 0 Å². The van der Waals surface area contributed by atoms with Crippen LogP contribution in [0.25, 0.3) is 0 Å². The first-order valence-electron chi connectivity index (χ1n) is 6.23. The van der Waals surface area contributed by atoms with Crippen LogP contribution in [0.15, 0.2) is 59.6 Å². The molecule has 2 aromatic carbocycles. The Kier molecular flexibility index (Phi) is 4.18. The van der Waals surface area contributed by atoms with Crippen molar-refractivity contribution in [3.63, 3.8) is 0 Å². The van der Waals surface area contributed by atoms with Crippen LogP contribution >= 0.6 is 0 Å². The van der Waals surface area contributed by atoms with E-state index in [1.807, 2.05) is 61.5 Å². The minimum absolute atomic E-state index is 0.0195. The molecule has 0 aliphatic carbocycles. The molecule has 0 fully saturated rings. The summed E-state index contributed by atoms with van der Waals surface area (Å²) < 4.78 is 5.14. The first-order chi connectivity index (χ1) is 9.20. The number of aliphatic imine (C=N–C) groups is 1. The average molecular weight is 254 g/mol. The Labute approximate surface area is 113 Å². The third kappa shape index (κ3) is 3.35. The Morgan fingerprint density at radius 2 is 1.68 bits per heavy atom. The van der Waals surface area contributed by atoms with Crippen molar-refractivity contribution in [3.05, 3.63) is 65.7 Å². The van der Waals surface area contributed by atoms with E-state index in [4.69, 9.17) is 10.5 Å². The Hall–Kier alpha value is -2.29. The highest BCUT2D eigenvalue weighted by Gasteiger charge is 2.05. The highest BCUT2D eigenvalue weighted by atomic mass is 16.5. The fraction of sp³-hybridized carbons (Fsp3) is 0.188. The van der Waals surface area contributed by atoms with Crippen molar-refractivity contribution in [1.29, 1.82) is 0 Å². The second-order valence-electron chi connectivity index (χ2n) is 4.33. The van der Waals surface area contributed by atoms with Crippen LogP contribution in [0.4, 0.5) is 0 Å². The number of hydrogen-bond donors (Lipinski definition) is 1. The lowest BCUT2D eigenvalue weighted by atomic mass is 10.1. The van der Waals surface area contributed by atoms with Crippen molar-refractivity contribution in [2.75, 3.05) is 7.11 Å². The Morgan fingerprint density at radius 3 is 2.26 bits per heavy atom. The summed E-state index contributed by atoms with van der Waals surface area (Å²) in [5, 5.41) is 0. The maximum absolute atomic E-state index is 6.01. The van der Waals surface area contributed by atoms with E-state index in [0.29, 0.717) is 5.84 Å². The zero-order valence-electron chi connectivity index (χ0n) is 11.2.